The highest BCUT2D eigenvalue weighted by molar-refractivity contribution is 6.22. The van der Waals surface area contributed by atoms with E-state index < -0.39 is 11.9 Å². The van der Waals surface area contributed by atoms with Crippen LogP contribution in [0, 0.1) is 11.6 Å². The fourth-order valence-corrected chi connectivity index (χ4v) is 4.65. The van der Waals surface area contributed by atoms with E-state index in [0.29, 0.717) is 43.0 Å². The van der Waals surface area contributed by atoms with Crippen molar-refractivity contribution in [1.82, 2.24) is 4.90 Å². The van der Waals surface area contributed by atoms with E-state index in [1.165, 1.54) is 48.5 Å². The molecule has 2 amide bonds. The van der Waals surface area contributed by atoms with Gasteiger partial charge in [0.2, 0.25) is 5.91 Å². The van der Waals surface area contributed by atoms with Crippen molar-refractivity contribution >= 4 is 29.0 Å². The molecule has 6 nitrogen and oxygen atoms in total. The quantitative estimate of drug-likeness (QED) is 0.417. The Morgan fingerprint density at radius 2 is 1.17 bits per heavy atom. The number of nitrogens with zero attached hydrogens (tertiary/aromatic N) is 3. The Morgan fingerprint density at radius 1 is 0.686 bits per heavy atom. The molecule has 0 aliphatic carbocycles. The monoisotopic (exact) mass is 475 g/mol. The van der Waals surface area contributed by atoms with E-state index in [9.17, 15) is 23.2 Å². The van der Waals surface area contributed by atoms with Crippen LogP contribution in [0.3, 0.4) is 0 Å². The van der Waals surface area contributed by atoms with E-state index >= 15 is 0 Å². The maximum Gasteiger partial charge on any atom is 0.251 e. The lowest BCUT2D eigenvalue weighted by atomic mass is 10.0. The molecular formula is C27H23F2N3O3. The number of ketones is 1. The van der Waals surface area contributed by atoms with Gasteiger partial charge in [0, 0.05) is 43.0 Å². The Balaban J connectivity index is 1.21. The number of imide groups is 1. The molecule has 3 aromatic carbocycles. The van der Waals surface area contributed by atoms with E-state index in [4.69, 9.17) is 0 Å². The zero-order chi connectivity index (χ0) is 24.5. The smallest absolute Gasteiger partial charge is 0.251 e. The molecule has 0 bridgehead atoms. The SMILES string of the molecule is O=C(c1ccc(F)cc1)c1ccc(N2CCN([C@H]3CC(=O)N(c4ccc(F)cc4)C3=O)CC2)cc1. The number of amides is 2. The summed E-state index contributed by atoms with van der Waals surface area (Å²) in [6, 6.07) is 17.6. The first-order valence-electron chi connectivity index (χ1n) is 11.4. The minimum atomic E-state index is -0.523. The average molecular weight is 475 g/mol. The zero-order valence-electron chi connectivity index (χ0n) is 18.9. The highest BCUT2D eigenvalue weighted by Crippen LogP contribution is 2.27. The molecule has 2 fully saturated rings. The van der Waals surface area contributed by atoms with E-state index in [2.05, 4.69) is 4.90 Å². The molecule has 0 radical (unpaired) electrons. The van der Waals surface area contributed by atoms with Crippen molar-refractivity contribution in [3.05, 3.63) is 95.6 Å². The molecule has 1 atom stereocenters. The van der Waals surface area contributed by atoms with Gasteiger partial charge in [-0.2, -0.15) is 0 Å². The van der Waals surface area contributed by atoms with E-state index in [-0.39, 0.29) is 29.8 Å². The highest BCUT2D eigenvalue weighted by Gasteiger charge is 2.43. The van der Waals surface area contributed by atoms with Crippen molar-refractivity contribution in [3.8, 4) is 0 Å². The van der Waals surface area contributed by atoms with Gasteiger partial charge in [0.1, 0.15) is 11.6 Å². The average Bonchev–Trinajstić information content (AvgIpc) is 3.18. The Kier molecular flexibility index (Phi) is 6.13. The molecule has 0 saturated carbocycles. The predicted molar refractivity (Wildman–Crippen MR) is 127 cm³/mol. The summed E-state index contributed by atoms with van der Waals surface area (Å²) in [5.41, 5.74) is 2.30. The number of benzene rings is 3. The summed E-state index contributed by atoms with van der Waals surface area (Å²) in [5, 5.41) is 0. The summed E-state index contributed by atoms with van der Waals surface area (Å²) in [7, 11) is 0. The molecule has 8 heteroatoms. The summed E-state index contributed by atoms with van der Waals surface area (Å²) in [6.45, 7) is 2.55. The molecule has 5 rings (SSSR count). The topological polar surface area (TPSA) is 60.9 Å². The van der Waals surface area contributed by atoms with Crippen molar-refractivity contribution in [3.63, 3.8) is 0 Å². The number of anilines is 2. The summed E-state index contributed by atoms with van der Waals surface area (Å²) < 4.78 is 26.4. The molecule has 0 N–H and O–H groups in total. The van der Waals surface area contributed by atoms with E-state index in [0.717, 1.165) is 10.6 Å². The third kappa shape index (κ3) is 4.57. The van der Waals surface area contributed by atoms with Gasteiger partial charge in [-0.1, -0.05) is 0 Å². The standard InChI is InChI=1S/C27H23F2N3O3/c28-20-5-1-18(2-6-20)26(34)19-3-9-22(10-4-19)30-13-15-31(16-14-30)24-17-25(33)32(27(24)35)23-11-7-21(29)8-12-23/h1-12,24H,13-17H2/t24-/m0/s1. The van der Waals surface area contributed by atoms with Crippen LogP contribution < -0.4 is 9.80 Å². The lowest BCUT2D eigenvalue weighted by Gasteiger charge is -2.38. The van der Waals surface area contributed by atoms with Crippen LogP contribution in [0.4, 0.5) is 20.2 Å². The van der Waals surface area contributed by atoms with Gasteiger partial charge in [-0.25, -0.2) is 13.7 Å². The van der Waals surface area contributed by atoms with Gasteiger partial charge in [0.05, 0.1) is 18.2 Å². The molecule has 35 heavy (non-hydrogen) atoms. The summed E-state index contributed by atoms with van der Waals surface area (Å²) in [4.78, 5) is 43.5. The predicted octanol–water partition coefficient (Wildman–Crippen LogP) is 3.65. The minimum Gasteiger partial charge on any atom is -0.369 e. The van der Waals surface area contributed by atoms with Gasteiger partial charge < -0.3 is 4.90 Å². The van der Waals surface area contributed by atoms with E-state index in [1.54, 1.807) is 12.1 Å². The number of carbonyl (C=O) groups is 3. The van der Waals surface area contributed by atoms with Gasteiger partial charge in [0.15, 0.2) is 5.78 Å². The molecule has 0 aromatic heterocycles. The molecule has 0 unspecified atom stereocenters. The molecule has 2 saturated heterocycles. The highest BCUT2D eigenvalue weighted by atomic mass is 19.1. The van der Waals surface area contributed by atoms with Crippen molar-refractivity contribution in [2.75, 3.05) is 36.0 Å². The van der Waals surface area contributed by atoms with Crippen molar-refractivity contribution in [2.24, 2.45) is 0 Å². The fraction of sp³-hybridized carbons (Fsp3) is 0.222. The van der Waals surface area contributed by atoms with Crippen LogP contribution in [-0.2, 0) is 9.59 Å². The number of piperazine rings is 1. The molecule has 178 valence electrons. The van der Waals surface area contributed by atoms with Crippen molar-refractivity contribution in [2.45, 2.75) is 12.5 Å². The number of carbonyl (C=O) groups excluding carboxylic acids is 3. The normalized spacial score (nSPS) is 18.9. The van der Waals surface area contributed by atoms with Gasteiger partial charge in [0.25, 0.3) is 5.91 Å². The van der Waals surface area contributed by atoms with Crippen LogP contribution in [-0.4, -0.2) is 54.7 Å². The maximum atomic E-state index is 13.2. The molecule has 0 spiro atoms. The summed E-state index contributed by atoms with van der Waals surface area (Å²) >= 11 is 0. The van der Waals surface area contributed by atoms with Crippen LogP contribution in [0.1, 0.15) is 22.3 Å². The maximum absolute atomic E-state index is 13.2. The lowest BCUT2D eigenvalue weighted by Crippen LogP contribution is -2.52. The van der Waals surface area contributed by atoms with Crippen LogP contribution in [0.25, 0.3) is 0 Å². The number of hydrogen-bond acceptors (Lipinski definition) is 5. The van der Waals surface area contributed by atoms with Crippen LogP contribution in [0.2, 0.25) is 0 Å². The Morgan fingerprint density at radius 3 is 1.74 bits per heavy atom. The number of hydrogen-bond donors (Lipinski definition) is 0. The molecular weight excluding hydrogens is 452 g/mol. The second kappa shape index (κ2) is 9.38. The Labute approximate surface area is 201 Å². The minimum absolute atomic E-state index is 0.108. The molecule has 2 aliphatic rings. The second-order valence-electron chi connectivity index (χ2n) is 8.67. The number of rotatable bonds is 5. The summed E-state index contributed by atoms with van der Waals surface area (Å²) in [6.07, 6.45) is 0.108. The molecule has 3 aromatic rings. The number of halogens is 2. The third-order valence-electron chi connectivity index (χ3n) is 6.56. The Bertz CT molecular complexity index is 1250. The van der Waals surface area contributed by atoms with Gasteiger partial charge in [-0.05, 0) is 72.8 Å². The van der Waals surface area contributed by atoms with Crippen LogP contribution in [0.5, 0.6) is 0 Å². The second-order valence-corrected chi connectivity index (χ2v) is 8.67. The zero-order valence-corrected chi connectivity index (χ0v) is 18.9. The van der Waals surface area contributed by atoms with Crippen molar-refractivity contribution < 1.29 is 23.2 Å². The third-order valence-corrected chi connectivity index (χ3v) is 6.56. The van der Waals surface area contributed by atoms with Gasteiger partial charge >= 0.3 is 0 Å². The summed E-state index contributed by atoms with van der Waals surface area (Å²) in [5.74, 6) is -1.54. The fourth-order valence-electron chi connectivity index (χ4n) is 4.65. The van der Waals surface area contributed by atoms with Gasteiger partial charge in [-0.3, -0.25) is 19.3 Å². The van der Waals surface area contributed by atoms with Crippen molar-refractivity contribution in [1.29, 1.82) is 0 Å². The van der Waals surface area contributed by atoms with Crippen LogP contribution in [0.15, 0.2) is 72.8 Å². The van der Waals surface area contributed by atoms with Gasteiger partial charge in [-0.15, -0.1) is 0 Å². The Hall–Kier alpha value is -3.91. The largest absolute Gasteiger partial charge is 0.369 e. The lowest BCUT2D eigenvalue weighted by molar-refractivity contribution is -0.123. The molecule has 2 aliphatic heterocycles. The first-order valence-corrected chi connectivity index (χ1v) is 11.4. The molecule has 2 heterocycles. The first kappa shape index (κ1) is 22.9. The van der Waals surface area contributed by atoms with Crippen LogP contribution >= 0.6 is 0 Å². The first-order chi connectivity index (χ1) is 16.9. The van der Waals surface area contributed by atoms with E-state index in [1.807, 2.05) is 17.0 Å².